The van der Waals surface area contributed by atoms with Gasteiger partial charge in [-0.15, -0.1) is 0 Å². The SMILES string of the molecule is COB(OC)OC.OB1O[C@H](CN(Cc2ccccc2)Cc2ccccc2)c2cccc(OCCCOCc3ccccc3)c21.O[C@H](CN(Cc1ccccc1)Cc1ccccc1)c1cccc(OCCCOCc2ccccc2)c1.[CH2-]CCC.[Li+]. The fourth-order valence-electron chi connectivity index (χ4n) is 9.31. The van der Waals surface area contributed by atoms with Crippen LogP contribution in [-0.4, -0.2) is 95.2 Å². The van der Waals surface area contributed by atoms with E-state index in [4.69, 9.17) is 23.6 Å². The Bertz CT molecular complexity index is 2850. The minimum Gasteiger partial charge on any atom is -0.494 e. The molecule has 0 aliphatic carbocycles. The van der Waals surface area contributed by atoms with Crippen LogP contribution in [0.4, 0.5) is 0 Å². The molecule has 8 aromatic carbocycles. The molecule has 9 rings (SSSR count). The predicted molar refractivity (Wildman–Crippen MR) is 343 cm³/mol. The van der Waals surface area contributed by atoms with Gasteiger partial charge in [-0.1, -0.05) is 220 Å². The number of benzene rings is 8. The summed E-state index contributed by atoms with van der Waals surface area (Å²) in [6, 6.07) is 75.7. The van der Waals surface area contributed by atoms with Gasteiger partial charge >= 0.3 is 33.3 Å². The zero-order chi connectivity index (χ0) is 59.9. The standard InChI is InChI=1S/C32H34BNO4.C32H35NO3.C4H9.C3H9BO3.Li/c35-33-32-29(18-10-19-30(32)37-21-11-20-36-25-28-16-8-3-9-17-28)31(38-33)24-34(22-26-12-4-1-5-13-26)23-27-14-6-2-7-15-27;34-32(25-33(23-27-12-4-1-5-13-27)24-28-14-6-2-7-15-28)30-18-10-19-31(22-30)36-21-11-20-35-26-29-16-8-3-9-17-29;1-3-4-2;1-5-4(6-2)7-3;/h1-10,12-19,31,35H,11,20-25H2;1-10,12-19,22,32,34H,11,20-21,23-26H2;1,3-4H2,2H3;1-3H3;/q;;-1;;+1/t31-;32-;;;/m11.../s1. The largest absolute Gasteiger partial charge is 1.00 e. The second kappa shape index (κ2) is 42.5. The van der Waals surface area contributed by atoms with Gasteiger partial charge in [-0.3, -0.25) is 9.80 Å². The summed E-state index contributed by atoms with van der Waals surface area (Å²) >= 11 is 0. The van der Waals surface area contributed by atoms with E-state index in [-0.39, 0.29) is 25.0 Å². The Balaban J connectivity index is 0.000000265. The van der Waals surface area contributed by atoms with E-state index < -0.39 is 20.5 Å². The molecule has 0 unspecified atom stereocenters. The van der Waals surface area contributed by atoms with Gasteiger partial charge in [0.2, 0.25) is 0 Å². The molecule has 8 aromatic rings. The maximum atomic E-state index is 11.1. The van der Waals surface area contributed by atoms with E-state index in [2.05, 4.69) is 159 Å². The Morgan fingerprint density at radius 2 is 0.930 bits per heavy atom. The van der Waals surface area contributed by atoms with E-state index in [0.717, 1.165) is 73.3 Å². The van der Waals surface area contributed by atoms with Crippen LogP contribution in [0, 0.1) is 6.92 Å². The summed E-state index contributed by atoms with van der Waals surface area (Å²) in [6.07, 6.45) is 2.99. The van der Waals surface area contributed by atoms with E-state index in [1.165, 1.54) is 55.6 Å². The van der Waals surface area contributed by atoms with Crippen molar-refractivity contribution in [3.63, 3.8) is 0 Å². The molecule has 1 aliphatic rings. The Morgan fingerprint density at radius 3 is 1.35 bits per heavy atom. The van der Waals surface area contributed by atoms with E-state index in [1.54, 1.807) is 0 Å². The molecule has 0 fully saturated rings. The molecule has 86 heavy (non-hydrogen) atoms. The molecular weight excluding hydrogens is 1070 g/mol. The molecule has 0 bridgehead atoms. The number of unbranched alkanes of at least 4 members (excludes halogenated alkanes) is 1. The van der Waals surface area contributed by atoms with Gasteiger partial charge in [-0.05, 0) is 62.7 Å². The zero-order valence-corrected chi connectivity index (χ0v) is 51.2. The molecule has 0 amide bonds. The molecule has 1 aliphatic heterocycles. The fraction of sp³-hybridized carbons (Fsp3) is 0.310. The van der Waals surface area contributed by atoms with Crippen molar-refractivity contribution >= 4 is 19.9 Å². The predicted octanol–water partition coefficient (Wildman–Crippen LogP) is 10.1. The monoisotopic (exact) mass is 1160 g/mol. The zero-order valence-electron chi connectivity index (χ0n) is 51.2. The number of fused-ring (bicyclic) bond motifs is 1. The first kappa shape index (κ1) is 70.4. The maximum Gasteiger partial charge on any atom is 1.00 e. The first-order valence-electron chi connectivity index (χ1n) is 29.5. The summed E-state index contributed by atoms with van der Waals surface area (Å²) in [5.74, 6) is 1.45. The van der Waals surface area contributed by atoms with E-state index in [0.29, 0.717) is 58.5 Å². The summed E-state index contributed by atoms with van der Waals surface area (Å²) in [6.45, 7) is 13.6. The third-order valence-electron chi connectivity index (χ3n) is 13.6. The molecule has 0 spiro atoms. The normalized spacial score (nSPS) is 12.5. The minimum atomic E-state index is -1.00. The third kappa shape index (κ3) is 26.8. The average Bonchev–Trinajstić information content (AvgIpc) is 2.90. The van der Waals surface area contributed by atoms with Crippen molar-refractivity contribution in [3.8, 4) is 11.5 Å². The minimum absolute atomic E-state index is 0. The van der Waals surface area contributed by atoms with Crippen molar-refractivity contribution in [3.05, 3.63) is 276 Å². The molecule has 0 radical (unpaired) electrons. The molecular formula is C71H87B2LiN2O10. The van der Waals surface area contributed by atoms with Gasteiger partial charge in [0.15, 0.2) is 0 Å². The number of aliphatic hydroxyl groups excluding tert-OH is 1. The Hall–Kier alpha value is -6.31. The second-order valence-electron chi connectivity index (χ2n) is 20.4. The topological polar surface area (TPSA) is 121 Å². The second-order valence-corrected chi connectivity index (χ2v) is 20.4. The number of hydrogen-bond acceptors (Lipinski definition) is 12. The van der Waals surface area contributed by atoms with Gasteiger partial charge in [0.1, 0.15) is 11.5 Å². The average molecular weight is 1160 g/mol. The van der Waals surface area contributed by atoms with Crippen molar-refractivity contribution in [2.24, 2.45) is 0 Å². The van der Waals surface area contributed by atoms with Gasteiger partial charge in [-0.25, -0.2) is 0 Å². The van der Waals surface area contributed by atoms with Crippen molar-refractivity contribution < 1.29 is 66.6 Å². The molecule has 0 saturated carbocycles. The van der Waals surface area contributed by atoms with Crippen LogP contribution >= 0.6 is 0 Å². The molecule has 12 nitrogen and oxygen atoms in total. The van der Waals surface area contributed by atoms with Crippen molar-refractivity contribution in [2.45, 2.75) is 84.2 Å². The quantitative estimate of drug-likeness (QED) is 0.0245. The summed E-state index contributed by atoms with van der Waals surface area (Å²) < 4.78 is 43.4. The van der Waals surface area contributed by atoms with Crippen LogP contribution in [0.1, 0.15) is 89.3 Å². The van der Waals surface area contributed by atoms with Crippen molar-refractivity contribution in [1.29, 1.82) is 0 Å². The van der Waals surface area contributed by atoms with Gasteiger partial charge in [0, 0.05) is 78.9 Å². The molecule has 448 valence electrons. The number of aliphatic hydroxyl groups is 1. The van der Waals surface area contributed by atoms with Gasteiger partial charge < -0.3 is 54.6 Å². The van der Waals surface area contributed by atoms with Gasteiger partial charge in [0.05, 0.1) is 51.8 Å². The van der Waals surface area contributed by atoms with Crippen LogP contribution < -0.4 is 33.8 Å². The summed E-state index contributed by atoms with van der Waals surface area (Å²) in [7, 11) is 3.02. The number of hydrogen-bond donors (Lipinski definition) is 2. The van der Waals surface area contributed by atoms with Crippen LogP contribution in [0.25, 0.3) is 0 Å². The Labute approximate surface area is 525 Å². The van der Waals surface area contributed by atoms with Gasteiger partial charge in [0.25, 0.3) is 0 Å². The fourth-order valence-corrected chi connectivity index (χ4v) is 9.31. The molecule has 1 heterocycles. The maximum absolute atomic E-state index is 11.1. The first-order chi connectivity index (χ1) is 41.8. The molecule has 0 saturated heterocycles. The number of ether oxygens (including phenoxy) is 4. The number of nitrogens with zero attached hydrogens (tertiary/aromatic N) is 2. The molecule has 2 atom stereocenters. The van der Waals surface area contributed by atoms with Crippen LogP contribution in [0.2, 0.25) is 0 Å². The summed E-state index contributed by atoms with van der Waals surface area (Å²) in [5.41, 5.74) is 9.87. The van der Waals surface area contributed by atoms with Crippen LogP contribution in [0.15, 0.2) is 224 Å². The van der Waals surface area contributed by atoms with Crippen LogP contribution in [-0.2, 0) is 67.5 Å². The third-order valence-corrected chi connectivity index (χ3v) is 13.6. The summed E-state index contributed by atoms with van der Waals surface area (Å²) in [5, 5.41) is 22.0. The summed E-state index contributed by atoms with van der Waals surface area (Å²) in [4.78, 5) is 4.65. The van der Waals surface area contributed by atoms with Crippen molar-refractivity contribution in [2.75, 3.05) is 60.8 Å². The first-order valence-corrected chi connectivity index (χ1v) is 29.5. The molecule has 0 aromatic heterocycles. The van der Waals surface area contributed by atoms with E-state index in [9.17, 15) is 10.1 Å². The Kier molecular flexibility index (Phi) is 34.8. The Morgan fingerprint density at radius 1 is 0.523 bits per heavy atom. The van der Waals surface area contributed by atoms with E-state index in [1.807, 2.05) is 103 Å². The molecule has 2 N–H and O–H groups in total. The van der Waals surface area contributed by atoms with Crippen molar-refractivity contribution in [1.82, 2.24) is 9.80 Å². The van der Waals surface area contributed by atoms with Crippen LogP contribution in [0.3, 0.4) is 0 Å². The van der Waals surface area contributed by atoms with Gasteiger partial charge in [-0.2, -0.15) is 6.42 Å². The molecule has 15 heteroatoms. The number of rotatable bonds is 31. The van der Waals surface area contributed by atoms with E-state index >= 15 is 0 Å². The van der Waals surface area contributed by atoms with Crippen LogP contribution in [0.5, 0.6) is 11.5 Å². The smallest absolute Gasteiger partial charge is 0.494 e.